The van der Waals surface area contributed by atoms with Crippen molar-refractivity contribution in [2.45, 2.75) is 13.0 Å². The SMILES string of the molecule is CN(C)CCCn1nnc2ccccc2c1=O. The first kappa shape index (κ1) is 11.7. The van der Waals surface area contributed by atoms with Crippen molar-refractivity contribution < 1.29 is 0 Å². The van der Waals surface area contributed by atoms with Gasteiger partial charge in [-0.1, -0.05) is 17.3 Å². The Morgan fingerprint density at radius 2 is 2.06 bits per heavy atom. The Morgan fingerprint density at radius 3 is 2.82 bits per heavy atom. The van der Waals surface area contributed by atoms with Gasteiger partial charge in [-0.05, 0) is 39.2 Å². The van der Waals surface area contributed by atoms with Crippen molar-refractivity contribution in [3.63, 3.8) is 0 Å². The van der Waals surface area contributed by atoms with Crippen LogP contribution in [0, 0.1) is 0 Å². The van der Waals surface area contributed by atoms with Gasteiger partial charge in [-0.2, -0.15) is 0 Å². The zero-order chi connectivity index (χ0) is 12.3. The van der Waals surface area contributed by atoms with Gasteiger partial charge in [-0.15, -0.1) is 5.10 Å². The molecule has 0 radical (unpaired) electrons. The molecular formula is C12H16N4O. The zero-order valence-corrected chi connectivity index (χ0v) is 10.1. The van der Waals surface area contributed by atoms with Gasteiger partial charge in [0.1, 0.15) is 5.52 Å². The van der Waals surface area contributed by atoms with E-state index in [9.17, 15) is 4.79 Å². The van der Waals surface area contributed by atoms with E-state index in [1.54, 1.807) is 12.1 Å². The molecule has 0 saturated heterocycles. The van der Waals surface area contributed by atoms with Crippen LogP contribution >= 0.6 is 0 Å². The van der Waals surface area contributed by atoms with Crippen molar-refractivity contribution in [2.24, 2.45) is 0 Å². The lowest BCUT2D eigenvalue weighted by Gasteiger charge is -2.09. The Hall–Kier alpha value is -1.75. The summed E-state index contributed by atoms with van der Waals surface area (Å²) in [5.74, 6) is 0. The van der Waals surface area contributed by atoms with Gasteiger partial charge in [0.05, 0.1) is 5.39 Å². The van der Waals surface area contributed by atoms with Crippen LogP contribution in [-0.2, 0) is 6.54 Å². The molecule has 5 nitrogen and oxygen atoms in total. The second kappa shape index (κ2) is 5.05. The third-order valence-electron chi connectivity index (χ3n) is 2.60. The van der Waals surface area contributed by atoms with Crippen molar-refractivity contribution in [1.29, 1.82) is 0 Å². The van der Waals surface area contributed by atoms with Crippen LogP contribution in [0.15, 0.2) is 29.1 Å². The fourth-order valence-corrected chi connectivity index (χ4v) is 1.71. The highest BCUT2D eigenvalue weighted by Gasteiger charge is 2.04. The molecule has 0 aliphatic carbocycles. The molecule has 0 N–H and O–H groups in total. The maximum absolute atomic E-state index is 12.1. The van der Waals surface area contributed by atoms with Crippen molar-refractivity contribution in [3.8, 4) is 0 Å². The second-order valence-corrected chi connectivity index (χ2v) is 4.29. The smallest absolute Gasteiger partial charge is 0.277 e. The molecule has 17 heavy (non-hydrogen) atoms. The summed E-state index contributed by atoms with van der Waals surface area (Å²) in [6.45, 7) is 1.54. The maximum atomic E-state index is 12.1. The summed E-state index contributed by atoms with van der Waals surface area (Å²) >= 11 is 0. The van der Waals surface area contributed by atoms with E-state index in [-0.39, 0.29) is 5.56 Å². The highest BCUT2D eigenvalue weighted by Crippen LogP contribution is 2.03. The second-order valence-electron chi connectivity index (χ2n) is 4.29. The molecule has 0 amide bonds. The highest BCUT2D eigenvalue weighted by molar-refractivity contribution is 5.76. The molecule has 1 aromatic carbocycles. The lowest BCUT2D eigenvalue weighted by Crippen LogP contribution is -2.26. The normalized spacial score (nSPS) is 11.2. The first-order valence-electron chi connectivity index (χ1n) is 5.66. The average molecular weight is 232 g/mol. The van der Waals surface area contributed by atoms with Crippen molar-refractivity contribution in [2.75, 3.05) is 20.6 Å². The minimum atomic E-state index is -0.0608. The van der Waals surface area contributed by atoms with Crippen LogP contribution in [-0.4, -0.2) is 40.5 Å². The Labute approximate surface area is 99.7 Å². The van der Waals surface area contributed by atoms with Gasteiger partial charge in [-0.3, -0.25) is 4.79 Å². The van der Waals surface area contributed by atoms with Crippen LogP contribution in [0.1, 0.15) is 6.42 Å². The van der Waals surface area contributed by atoms with E-state index in [1.165, 1.54) is 4.68 Å². The number of aromatic nitrogens is 3. The standard InChI is InChI=1S/C12H16N4O/c1-15(2)8-5-9-16-12(17)10-6-3-4-7-11(10)13-14-16/h3-4,6-7H,5,8-9H2,1-2H3. The first-order chi connectivity index (χ1) is 8.18. The number of nitrogens with zero attached hydrogens (tertiary/aromatic N) is 4. The number of rotatable bonds is 4. The lowest BCUT2D eigenvalue weighted by molar-refractivity contribution is 0.375. The lowest BCUT2D eigenvalue weighted by atomic mass is 10.2. The van der Waals surface area contributed by atoms with Crippen LogP contribution in [0.3, 0.4) is 0 Å². The predicted octanol–water partition coefficient (Wildman–Crippen LogP) is 0.743. The topological polar surface area (TPSA) is 51.0 Å². The third-order valence-corrected chi connectivity index (χ3v) is 2.60. The van der Waals surface area contributed by atoms with Crippen molar-refractivity contribution >= 4 is 10.9 Å². The molecule has 1 aromatic heterocycles. The highest BCUT2D eigenvalue weighted by atomic mass is 16.1. The molecule has 0 saturated carbocycles. The molecular weight excluding hydrogens is 216 g/mol. The predicted molar refractivity (Wildman–Crippen MR) is 67.0 cm³/mol. The summed E-state index contributed by atoms with van der Waals surface area (Å²) in [5.41, 5.74) is 0.593. The van der Waals surface area contributed by atoms with E-state index >= 15 is 0 Å². The molecule has 0 atom stereocenters. The quantitative estimate of drug-likeness (QED) is 0.780. The molecule has 0 unspecified atom stereocenters. The van der Waals surface area contributed by atoms with Gasteiger partial charge in [0.2, 0.25) is 0 Å². The monoisotopic (exact) mass is 232 g/mol. The zero-order valence-electron chi connectivity index (χ0n) is 10.1. The molecule has 0 fully saturated rings. The van der Waals surface area contributed by atoms with Gasteiger partial charge >= 0.3 is 0 Å². The number of fused-ring (bicyclic) bond motifs is 1. The largest absolute Gasteiger partial charge is 0.309 e. The fraction of sp³-hybridized carbons (Fsp3) is 0.417. The van der Waals surface area contributed by atoms with Crippen LogP contribution in [0.4, 0.5) is 0 Å². The number of hydrogen-bond donors (Lipinski definition) is 0. The van der Waals surface area contributed by atoms with Gasteiger partial charge < -0.3 is 4.90 Å². The molecule has 5 heteroatoms. The van der Waals surface area contributed by atoms with E-state index in [1.807, 2.05) is 26.2 Å². The number of aryl methyl sites for hydroxylation is 1. The van der Waals surface area contributed by atoms with Gasteiger partial charge in [-0.25, -0.2) is 4.68 Å². The Morgan fingerprint density at radius 1 is 1.29 bits per heavy atom. The summed E-state index contributed by atoms with van der Waals surface area (Å²) in [7, 11) is 4.02. The van der Waals surface area contributed by atoms with Gasteiger partial charge in [0.25, 0.3) is 5.56 Å². The summed E-state index contributed by atoms with van der Waals surface area (Å²) < 4.78 is 1.44. The van der Waals surface area contributed by atoms with Crippen molar-refractivity contribution in [3.05, 3.63) is 34.6 Å². The number of hydrogen-bond acceptors (Lipinski definition) is 4. The molecule has 0 bridgehead atoms. The molecule has 2 rings (SSSR count). The van der Waals surface area contributed by atoms with E-state index in [2.05, 4.69) is 15.2 Å². The Bertz CT molecular complexity index is 562. The summed E-state index contributed by atoms with van der Waals surface area (Å²) in [5, 5.41) is 8.61. The number of benzene rings is 1. The molecule has 1 heterocycles. The van der Waals surface area contributed by atoms with Crippen molar-refractivity contribution in [1.82, 2.24) is 19.9 Å². The third kappa shape index (κ3) is 2.68. The first-order valence-corrected chi connectivity index (χ1v) is 5.66. The average Bonchev–Trinajstić information content (AvgIpc) is 2.32. The van der Waals surface area contributed by atoms with Crippen LogP contribution < -0.4 is 5.56 Å². The van der Waals surface area contributed by atoms with E-state index in [0.717, 1.165) is 13.0 Å². The van der Waals surface area contributed by atoms with Crippen LogP contribution in [0.5, 0.6) is 0 Å². The molecule has 0 aliphatic rings. The Balaban J connectivity index is 2.24. The molecule has 90 valence electrons. The van der Waals surface area contributed by atoms with Gasteiger partial charge in [0, 0.05) is 6.54 Å². The summed E-state index contributed by atoms with van der Waals surface area (Å²) in [6, 6.07) is 7.28. The molecule has 0 aliphatic heterocycles. The van der Waals surface area contributed by atoms with Crippen LogP contribution in [0.2, 0.25) is 0 Å². The molecule has 0 spiro atoms. The van der Waals surface area contributed by atoms with Crippen LogP contribution in [0.25, 0.3) is 10.9 Å². The fourth-order valence-electron chi connectivity index (χ4n) is 1.71. The van der Waals surface area contributed by atoms with Gasteiger partial charge in [0.15, 0.2) is 0 Å². The minimum Gasteiger partial charge on any atom is -0.309 e. The summed E-state index contributed by atoms with van der Waals surface area (Å²) in [4.78, 5) is 14.1. The van der Waals surface area contributed by atoms with E-state index in [0.29, 0.717) is 17.4 Å². The molecule has 2 aromatic rings. The Kier molecular flexibility index (Phi) is 3.49. The maximum Gasteiger partial charge on any atom is 0.277 e. The minimum absolute atomic E-state index is 0.0608. The van der Waals surface area contributed by atoms with E-state index < -0.39 is 0 Å². The summed E-state index contributed by atoms with van der Waals surface area (Å²) in [6.07, 6.45) is 0.889. The van der Waals surface area contributed by atoms with E-state index in [4.69, 9.17) is 0 Å².